The van der Waals surface area contributed by atoms with Gasteiger partial charge in [-0.2, -0.15) is 9.97 Å². The molecule has 7 nitrogen and oxygen atoms in total. The van der Waals surface area contributed by atoms with Crippen molar-refractivity contribution >= 4 is 12.0 Å². The summed E-state index contributed by atoms with van der Waals surface area (Å²) in [6.07, 6.45) is 3.66. The van der Waals surface area contributed by atoms with Gasteiger partial charge in [0.1, 0.15) is 12.7 Å². The van der Waals surface area contributed by atoms with Gasteiger partial charge in [-0.15, -0.1) is 5.06 Å². The quantitative estimate of drug-likeness (QED) is 0.554. The molecular weight excluding hydrogens is 212 g/mol. The standard InChI is InChI=1S/C9H14N4O3/c1-3-4-5-16-9(14)13(15-2)8-11-6-10-7-12-8/h6-7H,3-5H2,1-2H3. The number of rotatable bonds is 5. The van der Waals surface area contributed by atoms with Crippen LogP contribution in [0.5, 0.6) is 0 Å². The second-order valence-corrected chi connectivity index (χ2v) is 2.88. The van der Waals surface area contributed by atoms with Gasteiger partial charge in [-0.1, -0.05) is 13.3 Å². The fraction of sp³-hybridized carbons (Fsp3) is 0.556. The van der Waals surface area contributed by atoms with Gasteiger partial charge < -0.3 is 4.74 Å². The summed E-state index contributed by atoms with van der Waals surface area (Å²) in [5, 5.41) is 0.872. The molecule has 88 valence electrons. The van der Waals surface area contributed by atoms with E-state index in [9.17, 15) is 4.79 Å². The van der Waals surface area contributed by atoms with Crippen molar-refractivity contribution in [1.29, 1.82) is 0 Å². The average Bonchev–Trinajstić information content (AvgIpc) is 2.32. The molecule has 16 heavy (non-hydrogen) atoms. The van der Waals surface area contributed by atoms with E-state index in [0.717, 1.165) is 17.9 Å². The van der Waals surface area contributed by atoms with Crippen molar-refractivity contribution < 1.29 is 14.4 Å². The van der Waals surface area contributed by atoms with Crippen molar-refractivity contribution in [3.8, 4) is 0 Å². The highest BCUT2D eigenvalue weighted by molar-refractivity contribution is 5.82. The Morgan fingerprint density at radius 1 is 1.44 bits per heavy atom. The van der Waals surface area contributed by atoms with Crippen molar-refractivity contribution in [3.63, 3.8) is 0 Å². The summed E-state index contributed by atoms with van der Waals surface area (Å²) in [5.41, 5.74) is 0. The minimum absolute atomic E-state index is 0.0963. The molecule has 0 bridgehead atoms. The van der Waals surface area contributed by atoms with Gasteiger partial charge in [0.15, 0.2) is 0 Å². The molecule has 0 aliphatic heterocycles. The van der Waals surface area contributed by atoms with Gasteiger partial charge in [0, 0.05) is 0 Å². The SMILES string of the molecule is CCCCOC(=O)N(OC)c1ncncn1. The van der Waals surface area contributed by atoms with Crippen molar-refractivity contribution in [2.24, 2.45) is 0 Å². The molecule has 0 aliphatic carbocycles. The molecule has 1 rings (SSSR count). The van der Waals surface area contributed by atoms with E-state index in [-0.39, 0.29) is 5.95 Å². The number of ether oxygens (including phenoxy) is 1. The van der Waals surface area contributed by atoms with E-state index in [1.54, 1.807) is 0 Å². The summed E-state index contributed by atoms with van der Waals surface area (Å²) in [6, 6.07) is 0. The highest BCUT2D eigenvalue weighted by Crippen LogP contribution is 2.06. The molecule has 1 amide bonds. The first kappa shape index (κ1) is 12.3. The van der Waals surface area contributed by atoms with Crippen molar-refractivity contribution in [2.45, 2.75) is 19.8 Å². The Kier molecular flexibility index (Phi) is 5.13. The molecule has 0 saturated carbocycles. The third-order valence-electron chi connectivity index (χ3n) is 1.73. The largest absolute Gasteiger partial charge is 0.448 e. The Labute approximate surface area is 93.4 Å². The van der Waals surface area contributed by atoms with Gasteiger partial charge in [0.2, 0.25) is 0 Å². The first-order valence-corrected chi connectivity index (χ1v) is 4.92. The second kappa shape index (κ2) is 6.67. The van der Waals surface area contributed by atoms with Crippen molar-refractivity contribution in [1.82, 2.24) is 15.0 Å². The summed E-state index contributed by atoms with van der Waals surface area (Å²) in [5.74, 6) is 0.0963. The minimum Gasteiger partial charge on any atom is -0.448 e. The Bertz CT molecular complexity index is 320. The lowest BCUT2D eigenvalue weighted by Crippen LogP contribution is -2.32. The number of carbonyl (C=O) groups is 1. The molecule has 1 heterocycles. The second-order valence-electron chi connectivity index (χ2n) is 2.88. The van der Waals surface area contributed by atoms with Crippen LogP contribution in [0.15, 0.2) is 12.7 Å². The van der Waals surface area contributed by atoms with Gasteiger partial charge in [-0.25, -0.2) is 9.78 Å². The first-order chi connectivity index (χ1) is 7.79. The predicted molar refractivity (Wildman–Crippen MR) is 55.6 cm³/mol. The molecule has 0 fully saturated rings. The lowest BCUT2D eigenvalue weighted by atomic mass is 10.4. The molecule has 0 aliphatic rings. The number of unbranched alkanes of at least 4 members (excludes halogenated alkanes) is 1. The molecule has 7 heteroatoms. The normalized spacial score (nSPS) is 9.88. The number of amides is 1. The maximum Gasteiger partial charge on any atom is 0.441 e. The number of anilines is 1. The fourth-order valence-electron chi connectivity index (χ4n) is 0.938. The molecule has 0 unspecified atom stereocenters. The molecule has 0 radical (unpaired) electrons. The van der Waals surface area contributed by atoms with Gasteiger partial charge in [0.25, 0.3) is 5.95 Å². The van der Waals surface area contributed by atoms with Crippen LogP contribution in [0, 0.1) is 0 Å². The van der Waals surface area contributed by atoms with E-state index in [4.69, 9.17) is 9.57 Å². The Morgan fingerprint density at radius 3 is 2.69 bits per heavy atom. The number of nitrogens with zero attached hydrogens (tertiary/aromatic N) is 4. The lowest BCUT2D eigenvalue weighted by molar-refractivity contribution is 0.0970. The lowest BCUT2D eigenvalue weighted by Gasteiger charge is -2.16. The van der Waals surface area contributed by atoms with Crippen LogP contribution in [0.25, 0.3) is 0 Å². The zero-order valence-corrected chi connectivity index (χ0v) is 9.29. The zero-order chi connectivity index (χ0) is 11.8. The summed E-state index contributed by atoms with van der Waals surface area (Å²) in [7, 11) is 1.34. The topological polar surface area (TPSA) is 77.4 Å². The van der Waals surface area contributed by atoms with Crippen LogP contribution in [0.1, 0.15) is 19.8 Å². The summed E-state index contributed by atoms with van der Waals surface area (Å²) in [6.45, 7) is 2.36. The molecule has 0 atom stereocenters. The van der Waals surface area contributed by atoms with Gasteiger partial charge in [-0.05, 0) is 6.42 Å². The zero-order valence-electron chi connectivity index (χ0n) is 9.29. The van der Waals surface area contributed by atoms with E-state index in [1.165, 1.54) is 19.8 Å². The van der Waals surface area contributed by atoms with Crippen LogP contribution in [0.4, 0.5) is 10.7 Å². The Balaban J connectivity index is 2.57. The third-order valence-corrected chi connectivity index (χ3v) is 1.73. The maximum atomic E-state index is 11.5. The van der Waals surface area contributed by atoms with Crippen LogP contribution >= 0.6 is 0 Å². The van der Waals surface area contributed by atoms with Crippen molar-refractivity contribution in [2.75, 3.05) is 18.8 Å². The van der Waals surface area contributed by atoms with Crippen LogP contribution in [-0.4, -0.2) is 34.8 Å². The van der Waals surface area contributed by atoms with Gasteiger partial charge >= 0.3 is 6.09 Å². The summed E-state index contributed by atoms with van der Waals surface area (Å²) < 4.78 is 4.95. The summed E-state index contributed by atoms with van der Waals surface area (Å²) >= 11 is 0. The molecule has 0 spiro atoms. The minimum atomic E-state index is -0.637. The fourth-order valence-corrected chi connectivity index (χ4v) is 0.938. The van der Waals surface area contributed by atoms with Crippen LogP contribution in [0.2, 0.25) is 0 Å². The molecule has 0 aromatic carbocycles. The molecule has 1 aromatic rings. The van der Waals surface area contributed by atoms with Crippen LogP contribution < -0.4 is 5.06 Å². The predicted octanol–water partition coefficient (Wildman–Crippen LogP) is 1.18. The number of carbonyl (C=O) groups excluding carboxylic acids is 1. The van der Waals surface area contributed by atoms with E-state index in [1.807, 2.05) is 6.92 Å². The van der Waals surface area contributed by atoms with E-state index in [0.29, 0.717) is 6.61 Å². The van der Waals surface area contributed by atoms with Crippen molar-refractivity contribution in [3.05, 3.63) is 12.7 Å². The highest BCUT2D eigenvalue weighted by Gasteiger charge is 2.19. The Hall–Kier alpha value is -1.76. The average molecular weight is 226 g/mol. The van der Waals surface area contributed by atoms with E-state index < -0.39 is 6.09 Å². The first-order valence-electron chi connectivity index (χ1n) is 4.92. The third kappa shape index (κ3) is 3.43. The number of aromatic nitrogens is 3. The van der Waals surface area contributed by atoms with E-state index in [2.05, 4.69) is 15.0 Å². The van der Waals surface area contributed by atoms with E-state index >= 15 is 0 Å². The molecule has 0 N–H and O–H groups in total. The number of hydroxylamine groups is 1. The van der Waals surface area contributed by atoms with Crippen LogP contribution in [-0.2, 0) is 9.57 Å². The monoisotopic (exact) mass is 226 g/mol. The highest BCUT2D eigenvalue weighted by atomic mass is 16.7. The number of hydrogen-bond donors (Lipinski definition) is 0. The molecule has 0 saturated heterocycles. The smallest absolute Gasteiger partial charge is 0.441 e. The number of hydrogen-bond acceptors (Lipinski definition) is 6. The summed E-state index contributed by atoms with van der Waals surface area (Å²) in [4.78, 5) is 27.6. The van der Waals surface area contributed by atoms with Gasteiger partial charge in [0.05, 0.1) is 13.7 Å². The van der Waals surface area contributed by atoms with Gasteiger partial charge in [-0.3, -0.25) is 4.84 Å². The Morgan fingerprint density at radius 2 is 2.12 bits per heavy atom. The maximum absolute atomic E-state index is 11.5. The molecule has 1 aromatic heterocycles. The van der Waals surface area contributed by atoms with Crippen LogP contribution in [0.3, 0.4) is 0 Å². The molecular formula is C9H14N4O3.